The van der Waals surface area contributed by atoms with E-state index < -0.39 is 0 Å². The Kier molecular flexibility index (Phi) is 4.83. The van der Waals surface area contributed by atoms with Gasteiger partial charge in [0, 0.05) is 37.2 Å². The molecule has 0 aliphatic carbocycles. The zero-order valence-corrected chi connectivity index (χ0v) is 13.1. The van der Waals surface area contributed by atoms with Crippen LogP contribution in [0.2, 0.25) is 0 Å². The van der Waals surface area contributed by atoms with Gasteiger partial charge in [-0.3, -0.25) is 4.68 Å². The van der Waals surface area contributed by atoms with Crippen molar-refractivity contribution in [2.45, 2.75) is 19.5 Å². The van der Waals surface area contributed by atoms with E-state index >= 15 is 0 Å². The Morgan fingerprint density at radius 3 is 2.83 bits per heavy atom. The van der Waals surface area contributed by atoms with Crippen LogP contribution in [-0.4, -0.2) is 38.1 Å². The molecule has 0 amide bonds. The van der Waals surface area contributed by atoms with Crippen molar-refractivity contribution in [3.63, 3.8) is 0 Å². The summed E-state index contributed by atoms with van der Waals surface area (Å²) in [5.41, 5.74) is 1.54. The van der Waals surface area contributed by atoms with Gasteiger partial charge in [-0.25, -0.2) is 9.07 Å². The normalized spacial score (nSPS) is 11.3. The lowest BCUT2D eigenvalue weighted by Crippen LogP contribution is -2.20. The van der Waals surface area contributed by atoms with Gasteiger partial charge in [0.15, 0.2) is 0 Å². The quantitative estimate of drug-likeness (QED) is 0.673. The minimum atomic E-state index is -0.269. The summed E-state index contributed by atoms with van der Waals surface area (Å²) in [5.74, 6) is -0.269. The summed E-state index contributed by atoms with van der Waals surface area (Å²) in [5, 5.41) is 8.45. The van der Waals surface area contributed by atoms with E-state index in [1.165, 1.54) is 6.07 Å². The monoisotopic (exact) mass is 313 g/mol. The number of aryl methyl sites for hydroxylation is 1. The van der Waals surface area contributed by atoms with E-state index in [-0.39, 0.29) is 5.82 Å². The summed E-state index contributed by atoms with van der Waals surface area (Å²) >= 11 is 0. The Morgan fingerprint density at radius 1 is 1.17 bits per heavy atom. The van der Waals surface area contributed by atoms with Crippen LogP contribution in [0.5, 0.6) is 0 Å². The summed E-state index contributed by atoms with van der Waals surface area (Å²) in [6, 6.07) is 8.58. The third-order valence-corrected chi connectivity index (χ3v) is 3.67. The molecule has 3 rings (SSSR count). The maximum absolute atomic E-state index is 13.8. The van der Waals surface area contributed by atoms with Crippen LogP contribution in [0.1, 0.15) is 12.0 Å². The molecule has 2 aromatic heterocycles. The number of hydrogen-bond acceptors (Lipinski definition) is 3. The van der Waals surface area contributed by atoms with Crippen LogP contribution in [0.25, 0.3) is 5.69 Å². The Balaban J connectivity index is 1.53. The predicted molar refractivity (Wildman–Crippen MR) is 86.7 cm³/mol. The molecule has 0 aliphatic heterocycles. The van der Waals surface area contributed by atoms with Crippen LogP contribution < -0.4 is 0 Å². The molecule has 0 aliphatic rings. The maximum Gasteiger partial charge on any atom is 0.148 e. The third-order valence-electron chi connectivity index (χ3n) is 3.67. The third kappa shape index (κ3) is 4.04. The molecule has 0 saturated heterocycles. The average Bonchev–Trinajstić information content (AvgIpc) is 3.20. The van der Waals surface area contributed by atoms with E-state index in [0.717, 1.165) is 31.6 Å². The lowest BCUT2D eigenvalue weighted by molar-refractivity contribution is 0.311. The molecule has 120 valence electrons. The highest BCUT2D eigenvalue weighted by molar-refractivity contribution is 5.32. The van der Waals surface area contributed by atoms with Crippen LogP contribution in [0.15, 0.2) is 55.1 Å². The van der Waals surface area contributed by atoms with Crippen molar-refractivity contribution in [3.8, 4) is 5.69 Å². The van der Waals surface area contributed by atoms with Crippen LogP contribution in [0.4, 0.5) is 4.39 Å². The lowest BCUT2D eigenvalue weighted by atomic mass is 10.3. The second-order valence-corrected chi connectivity index (χ2v) is 5.61. The number of nitrogens with zero attached hydrogens (tertiary/aromatic N) is 5. The standard InChI is InChI=1S/C17H20FN5/c1-21(9-5-11-22-10-4-8-19-22)13-15-12-20-23(14-15)17-7-3-2-6-16(17)18/h2-4,6-8,10,12,14H,5,9,11,13H2,1H3. The van der Waals surface area contributed by atoms with Gasteiger partial charge in [0.2, 0.25) is 0 Å². The zero-order chi connectivity index (χ0) is 16.1. The van der Waals surface area contributed by atoms with Gasteiger partial charge in [0.05, 0.1) is 6.20 Å². The number of para-hydroxylation sites is 1. The molecule has 6 heteroatoms. The number of rotatable bonds is 7. The smallest absolute Gasteiger partial charge is 0.148 e. The molecule has 0 fully saturated rings. The Labute approximate surface area is 135 Å². The van der Waals surface area contributed by atoms with Crippen molar-refractivity contribution < 1.29 is 4.39 Å². The Bertz CT molecular complexity index is 735. The van der Waals surface area contributed by atoms with E-state index in [4.69, 9.17) is 0 Å². The second-order valence-electron chi connectivity index (χ2n) is 5.61. The highest BCUT2D eigenvalue weighted by atomic mass is 19.1. The van der Waals surface area contributed by atoms with E-state index in [0.29, 0.717) is 5.69 Å². The van der Waals surface area contributed by atoms with Gasteiger partial charge < -0.3 is 4.90 Å². The Hall–Kier alpha value is -2.47. The highest BCUT2D eigenvalue weighted by Gasteiger charge is 2.07. The number of hydrogen-bond donors (Lipinski definition) is 0. The van der Waals surface area contributed by atoms with Crippen LogP contribution in [-0.2, 0) is 13.1 Å². The average molecular weight is 313 g/mol. The molecule has 0 spiro atoms. The van der Waals surface area contributed by atoms with Crippen molar-refractivity contribution in [1.29, 1.82) is 0 Å². The summed E-state index contributed by atoms with van der Waals surface area (Å²) < 4.78 is 17.3. The minimum absolute atomic E-state index is 0.269. The summed E-state index contributed by atoms with van der Waals surface area (Å²) in [6.45, 7) is 2.66. The molecular formula is C17H20FN5. The summed E-state index contributed by atoms with van der Waals surface area (Å²) in [6.07, 6.45) is 8.46. The fourth-order valence-electron chi connectivity index (χ4n) is 2.54. The van der Waals surface area contributed by atoms with Crippen molar-refractivity contribution in [2.75, 3.05) is 13.6 Å². The van der Waals surface area contributed by atoms with Crippen molar-refractivity contribution >= 4 is 0 Å². The van der Waals surface area contributed by atoms with Gasteiger partial charge in [0.1, 0.15) is 11.5 Å². The van der Waals surface area contributed by atoms with E-state index in [1.54, 1.807) is 35.3 Å². The molecule has 5 nitrogen and oxygen atoms in total. The number of aromatic nitrogens is 4. The van der Waals surface area contributed by atoms with Gasteiger partial charge in [-0.2, -0.15) is 10.2 Å². The molecule has 0 N–H and O–H groups in total. The first-order chi connectivity index (χ1) is 11.2. The lowest BCUT2D eigenvalue weighted by Gasteiger charge is -2.15. The molecule has 0 atom stereocenters. The first kappa shape index (κ1) is 15.4. The minimum Gasteiger partial charge on any atom is -0.302 e. The first-order valence-corrected chi connectivity index (χ1v) is 7.67. The van der Waals surface area contributed by atoms with E-state index in [2.05, 4.69) is 22.1 Å². The summed E-state index contributed by atoms with van der Waals surface area (Å²) in [4.78, 5) is 2.23. The molecule has 0 bridgehead atoms. The molecule has 1 aromatic carbocycles. The van der Waals surface area contributed by atoms with Crippen LogP contribution in [0, 0.1) is 5.82 Å². The van der Waals surface area contributed by atoms with Crippen LogP contribution in [0.3, 0.4) is 0 Å². The number of benzene rings is 1. The first-order valence-electron chi connectivity index (χ1n) is 7.67. The maximum atomic E-state index is 13.8. The molecule has 0 unspecified atom stereocenters. The molecule has 3 aromatic rings. The molecular weight excluding hydrogens is 293 g/mol. The molecule has 2 heterocycles. The second kappa shape index (κ2) is 7.19. The van der Waals surface area contributed by atoms with Crippen LogP contribution >= 0.6 is 0 Å². The zero-order valence-electron chi connectivity index (χ0n) is 13.1. The molecule has 23 heavy (non-hydrogen) atoms. The van der Waals surface area contributed by atoms with Gasteiger partial charge in [-0.15, -0.1) is 0 Å². The Morgan fingerprint density at radius 2 is 2.04 bits per heavy atom. The predicted octanol–water partition coefficient (Wildman–Crippen LogP) is 2.73. The van der Waals surface area contributed by atoms with Gasteiger partial charge >= 0.3 is 0 Å². The number of halogens is 1. The van der Waals surface area contributed by atoms with Gasteiger partial charge in [-0.1, -0.05) is 12.1 Å². The molecule has 0 saturated carbocycles. The summed E-state index contributed by atoms with van der Waals surface area (Å²) in [7, 11) is 2.07. The molecule has 0 radical (unpaired) electrons. The van der Waals surface area contributed by atoms with Crippen molar-refractivity contribution in [2.24, 2.45) is 0 Å². The SMILES string of the molecule is CN(CCCn1cccn1)Cc1cnn(-c2ccccc2F)c1. The van der Waals surface area contributed by atoms with Crippen molar-refractivity contribution in [3.05, 3.63) is 66.5 Å². The fourth-order valence-corrected chi connectivity index (χ4v) is 2.54. The fraction of sp³-hybridized carbons (Fsp3) is 0.294. The van der Waals surface area contributed by atoms with E-state index in [9.17, 15) is 4.39 Å². The van der Waals surface area contributed by atoms with Gasteiger partial charge in [0.25, 0.3) is 0 Å². The highest BCUT2D eigenvalue weighted by Crippen LogP contribution is 2.13. The van der Waals surface area contributed by atoms with E-state index in [1.807, 2.05) is 23.1 Å². The van der Waals surface area contributed by atoms with Crippen molar-refractivity contribution in [1.82, 2.24) is 24.5 Å². The van der Waals surface area contributed by atoms with Gasteiger partial charge in [-0.05, 0) is 38.2 Å². The topological polar surface area (TPSA) is 38.9 Å². The largest absolute Gasteiger partial charge is 0.302 e.